The molecule has 5 heteroatoms. The molecule has 2 fully saturated rings. The molecule has 1 aromatic rings. The van der Waals surface area contributed by atoms with E-state index in [-0.39, 0.29) is 0 Å². The van der Waals surface area contributed by atoms with Crippen molar-refractivity contribution in [2.24, 2.45) is 16.6 Å². The number of rotatable bonds is 6. The van der Waals surface area contributed by atoms with E-state index in [0.29, 0.717) is 12.5 Å². The van der Waals surface area contributed by atoms with Crippen LogP contribution < -0.4 is 11.1 Å². The lowest BCUT2D eigenvalue weighted by Crippen LogP contribution is -2.37. The summed E-state index contributed by atoms with van der Waals surface area (Å²) in [7, 11) is 2.21. The Morgan fingerprint density at radius 1 is 1.08 bits per heavy atom. The van der Waals surface area contributed by atoms with Gasteiger partial charge in [-0.1, -0.05) is 30.7 Å². The molecule has 3 rings (SSSR count). The lowest BCUT2D eigenvalue weighted by atomic mass is 9.85. The average molecular weight is 344 g/mol. The molecular weight excluding hydrogens is 310 g/mol. The maximum Gasteiger partial charge on any atom is 0.188 e. The van der Waals surface area contributed by atoms with Gasteiger partial charge in [0.25, 0.3) is 0 Å². The van der Waals surface area contributed by atoms with Crippen LogP contribution in [0.2, 0.25) is 0 Å². The van der Waals surface area contributed by atoms with Crippen LogP contribution in [0.5, 0.6) is 0 Å². The Morgan fingerprint density at radius 3 is 2.56 bits per heavy atom. The van der Waals surface area contributed by atoms with Crippen molar-refractivity contribution >= 4 is 5.96 Å². The van der Waals surface area contributed by atoms with Gasteiger partial charge in [-0.2, -0.15) is 0 Å². The lowest BCUT2D eigenvalue weighted by Gasteiger charge is -2.25. The van der Waals surface area contributed by atoms with Gasteiger partial charge in [-0.3, -0.25) is 4.90 Å². The van der Waals surface area contributed by atoms with Crippen molar-refractivity contribution in [3.63, 3.8) is 0 Å². The Kier molecular flexibility index (Phi) is 6.70. The van der Waals surface area contributed by atoms with Crippen LogP contribution in [0.1, 0.15) is 36.8 Å². The van der Waals surface area contributed by atoms with E-state index in [1.165, 1.54) is 56.4 Å². The standard InChI is InChI=1S/C20H33N5/c1-24-10-3-11-25(13-12-24)16-19-8-6-18(7-9-19)15-23-20(21)22-14-17-4-2-5-17/h6-9,17H,2-5,10-16H2,1H3,(H3,21,22,23). The normalized spacial score (nSPS) is 20.9. The highest BCUT2D eigenvalue weighted by molar-refractivity contribution is 5.77. The van der Waals surface area contributed by atoms with Crippen molar-refractivity contribution in [1.82, 2.24) is 15.1 Å². The van der Waals surface area contributed by atoms with Crippen molar-refractivity contribution in [1.29, 1.82) is 0 Å². The van der Waals surface area contributed by atoms with E-state index in [4.69, 9.17) is 5.73 Å². The molecule has 1 saturated carbocycles. The summed E-state index contributed by atoms with van der Waals surface area (Å²) in [5.74, 6) is 1.37. The third kappa shape index (κ3) is 6.01. The highest BCUT2D eigenvalue weighted by Crippen LogP contribution is 2.25. The first kappa shape index (κ1) is 18.2. The number of likely N-dealkylation sites (N-methyl/N-ethyl adjacent to an activating group) is 1. The van der Waals surface area contributed by atoms with Crippen molar-refractivity contribution in [2.45, 2.75) is 38.8 Å². The van der Waals surface area contributed by atoms with Gasteiger partial charge in [-0.05, 0) is 56.4 Å². The zero-order valence-electron chi connectivity index (χ0n) is 15.6. The molecule has 1 heterocycles. The smallest absolute Gasteiger partial charge is 0.188 e. The number of nitrogens with zero attached hydrogens (tertiary/aromatic N) is 3. The van der Waals surface area contributed by atoms with Gasteiger partial charge in [0.05, 0.1) is 6.54 Å². The largest absolute Gasteiger partial charge is 0.370 e. The van der Waals surface area contributed by atoms with Crippen molar-refractivity contribution in [3.8, 4) is 0 Å². The topological polar surface area (TPSA) is 56.9 Å². The molecule has 1 saturated heterocycles. The fourth-order valence-corrected chi connectivity index (χ4v) is 3.44. The van der Waals surface area contributed by atoms with E-state index in [1.807, 2.05) is 0 Å². The maximum absolute atomic E-state index is 5.96. The van der Waals surface area contributed by atoms with Crippen LogP contribution >= 0.6 is 0 Å². The summed E-state index contributed by atoms with van der Waals surface area (Å²) >= 11 is 0. The number of aliphatic imine (C=N–C) groups is 1. The molecule has 2 aliphatic rings. The summed E-state index contributed by atoms with van der Waals surface area (Å²) in [6, 6.07) is 8.83. The second-order valence-corrected chi connectivity index (χ2v) is 7.63. The van der Waals surface area contributed by atoms with Gasteiger partial charge in [0.2, 0.25) is 0 Å². The molecule has 0 spiro atoms. The molecule has 0 unspecified atom stereocenters. The second kappa shape index (κ2) is 9.20. The van der Waals surface area contributed by atoms with Crippen LogP contribution in [0.3, 0.4) is 0 Å². The molecule has 25 heavy (non-hydrogen) atoms. The lowest BCUT2D eigenvalue weighted by molar-refractivity contribution is 0.269. The number of nitrogens with one attached hydrogen (secondary N) is 1. The molecular formula is C20H33N5. The Bertz CT molecular complexity index is 550. The first-order valence-electron chi connectivity index (χ1n) is 9.71. The van der Waals surface area contributed by atoms with Crippen LogP contribution in [-0.2, 0) is 13.1 Å². The molecule has 1 aliphatic heterocycles. The van der Waals surface area contributed by atoms with Crippen LogP contribution in [0.15, 0.2) is 29.3 Å². The number of hydrogen-bond donors (Lipinski definition) is 2. The highest BCUT2D eigenvalue weighted by atomic mass is 15.2. The maximum atomic E-state index is 5.96. The molecule has 3 N–H and O–H groups in total. The molecule has 138 valence electrons. The van der Waals surface area contributed by atoms with E-state index < -0.39 is 0 Å². The minimum atomic E-state index is 0.574. The number of nitrogens with two attached hydrogens (primary N) is 1. The monoisotopic (exact) mass is 343 g/mol. The molecule has 0 aromatic heterocycles. The van der Waals surface area contributed by atoms with Gasteiger partial charge in [-0.25, -0.2) is 4.99 Å². The first-order chi connectivity index (χ1) is 12.2. The van der Waals surface area contributed by atoms with E-state index in [0.717, 1.165) is 25.6 Å². The first-order valence-corrected chi connectivity index (χ1v) is 9.71. The summed E-state index contributed by atoms with van der Waals surface area (Å²) in [5, 5.41) is 3.25. The minimum Gasteiger partial charge on any atom is -0.370 e. The van der Waals surface area contributed by atoms with Crippen LogP contribution in [0.25, 0.3) is 0 Å². The third-order valence-electron chi connectivity index (χ3n) is 5.47. The van der Waals surface area contributed by atoms with Crippen molar-refractivity contribution in [2.75, 3.05) is 39.8 Å². The summed E-state index contributed by atoms with van der Waals surface area (Å²) in [4.78, 5) is 9.43. The van der Waals surface area contributed by atoms with Gasteiger partial charge in [0.15, 0.2) is 5.96 Å². The predicted octanol–water partition coefficient (Wildman–Crippen LogP) is 2.03. The van der Waals surface area contributed by atoms with E-state index in [9.17, 15) is 0 Å². The van der Waals surface area contributed by atoms with Crippen LogP contribution in [-0.4, -0.2) is 55.5 Å². The average Bonchev–Trinajstić information content (AvgIpc) is 2.77. The molecule has 0 bridgehead atoms. The van der Waals surface area contributed by atoms with Crippen molar-refractivity contribution in [3.05, 3.63) is 35.4 Å². The molecule has 5 nitrogen and oxygen atoms in total. The van der Waals surface area contributed by atoms with Crippen LogP contribution in [0.4, 0.5) is 0 Å². The Morgan fingerprint density at radius 2 is 1.84 bits per heavy atom. The summed E-state index contributed by atoms with van der Waals surface area (Å²) in [6.07, 6.45) is 5.28. The second-order valence-electron chi connectivity index (χ2n) is 7.63. The van der Waals surface area contributed by atoms with E-state index in [1.54, 1.807) is 0 Å². The number of hydrogen-bond acceptors (Lipinski definition) is 3. The quantitative estimate of drug-likeness (QED) is 0.613. The third-order valence-corrected chi connectivity index (χ3v) is 5.47. The fourth-order valence-electron chi connectivity index (χ4n) is 3.44. The summed E-state index contributed by atoms with van der Waals surface area (Å²) < 4.78 is 0. The highest BCUT2D eigenvalue weighted by Gasteiger charge is 2.16. The SMILES string of the molecule is CN1CCCN(Cc2ccc(CN=C(N)NCC3CCC3)cc2)CC1. The van der Waals surface area contributed by atoms with Gasteiger partial charge in [-0.15, -0.1) is 0 Å². The Labute approximate surface area is 152 Å². The Balaban J connectivity index is 1.43. The van der Waals surface area contributed by atoms with E-state index >= 15 is 0 Å². The van der Waals surface area contributed by atoms with Crippen LogP contribution in [0, 0.1) is 5.92 Å². The summed E-state index contributed by atoms with van der Waals surface area (Å²) in [5.41, 5.74) is 8.55. The van der Waals surface area contributed by atoms with E-state index in [2.05, 4.69) is 51.4 Å². The number of guanidine groups is 1. The van der Waals surface area contributed by atoms with Gasteiger partial charge in [0.1, 0.15) is 0 Å². The Hall–Kier alpha value is -1.59. The molecule has 0 atom stereocenters. The van der Waals surface area contributed by atoms with Gasteiger partial charge >= 0.3 is 0 Å². The number of benzene rings is 1. The van der Waals surface area contributed by atoms with Crippen molar-refractivity contribution < 1.29 is 0 Å². The fraction of sp³-hybridized carbons (Fsp3) is 0.650. The molecule has 0 amide bonds. The molecule has 1 aliphatic carbocycles. The minimum absolute atomic E-state index is 0.574. The zero-order chi connectivity index (χ0) is 17.5. The predicted molar refractivity (Wildman–Crippen MR) is 105 cm³/mol. The van der Waals surface area contributed by atoms with Gasteiger partial charge < -0.3 is 16.0 Å². The van der Waals surface area contributed by atoms with Gasteiger partial charge in [0, 0.05) is 26.2 Å². The molecule has 0 radical (unpaired) electrons. The molecule has 1 aromatic carbocycles. The zero-order valence-corrected chi connectivity index (χ0v) is 15.6. The summed E-state index contributed by atoms with van der Waals surface area (Å²) in [6.45, 7) is 7.40.